The minimum atomic E-state index is 0.0123. The lowest BCUT2D eigenvalue weighted by atomic mass is 10.3. The maximum atomic E-state index is 5.82. The molecular formula is C15H25N3O2. The molecule has 0 bridgehead atoms. The van der Waals surface area contributed by atoms with Crippen molar-refractivity contribution in [2.24, 2.45) is 4.99 Å². The van der Waals surface area contributed by atoms with Crippen molar-refractivity contribution in [3.8, 4) is 11.5 Å². The molecule has 1 atom stereocenters. The largest absolute Gasteiger partial charge is 0.497 e. The Bertz CT molecular complexity index is 417. The lowest BCUT2D eigenvalue weighted by Crippen LogP contribution is -2.36. The highest BCUT2D eigenvalue weighted by atomic mass is 16.5. The van der Waals surface area contributed by atoms with E-state index >= 15 is 0 Å². The zero-order valence-corrected chi connectivity index (χ0v) is 13.3. The van der Waals surface area contributed by atoms with Crippen molar-refractivity contribution >= 4 is 5.96 Å². The van der Waals surface area contributed by atoms with Crippen LogP contribution in [0.25, 0.3) is 0 Å². The van der Waals surface area contributed by atoms with Crippen molar-refractivity contribution in [2.45, 2.75) is 13.0 Å². The zero-order chi connectivity index (χ0) is 15.1. The molecule has 5 heteroatoms. The van der Waals surface area contributed by atoms with Gasteiger partial charge in [0.1, 0.15) is 17.6 Å². The van der Waals surface area contributed by atoms with Crippen molar-refractivity contribution in [3.05, 3.63) is 24.3 Å². The Balaban J connectivity index is 2.58. The molecule has 20 heavy (non-hydrogen) atoms. The second-order valence-corrected chi connectivity index (χ2v) is 5.03. The molecule has 0 saturated carbocycles. The number of aliphatic imine (C=N–C) groups is 1. The average molecular weight is 279 g/mol. The van der Waals surface area contributed by atoms with Crippen LogP contribution in [0.5, 0.6) is 11.5 Å². The number of nitrogens with zero attached hydrogens (tertiary/aromatic N) is 3. The van der Waals surface area contributed by atoms with E-state index in [1.54, 1.807) is 7.11 Å². The number of hydrogen-bond donors (Lipinski definition) is 0. The summed E-state index contributed by atoms with van der Waals surface area (Å²) in [5.74, 6) is 2.57. The van der Waals surface area contributed by atoms with Crippen LogP contribution in [-0.2, 0) is 0 Å². The van der Waals surface area contributed by atoms with Crippen LogP contribution in [0.15, 0.2) is 29.3 Å². The van der Waals surface area contributed by atoms with Crippen molar-refractivity contribution in [3.63, 3.8) is 0 Å². The monoisotopic (exact) mass is 279 g/mol. The molecule has 1 aromatic rings. The van der Waals surface area contributed by atoms with Crippen LogP contribution >= 0.6 is 0 Å². The molecule has 0 amide bonds. The van der Waals surface area contributed by atoms with Gasteiger partial charge in [-0.3, -0.25) is 0 Å². The molecule has 5 nitrogen and oxygen atoms in total. The predicted molar refractivity (Wildman–Crippen MR) is 82.8 cm³/mol. The summed E-state index contributed by atoms with van der Waals surface area (Å²) < 4.78 is 10.9. The Labute approximate surface area is 121 Å². The van der Waals surface area contributed by atoms with Gasteiger partial charge in [0.25, 0.3) is 0 Å². The maximum absolute atomic E-state index is 5.82. The van der Waals surface area contributed by atoms with E-state index in [-0.39, 0.29) is 6.10 Å². The molecule has 0 aliphatic carbocycles. The average Bonchev–Trinajstić information content (AvgIpc) is 2.39. The van der Waals surface area contributed by atoms with Gasteiger partial charge in [0.2, 0.25) is 0 Å². The van der Waals surface area contributed by atoms with Gasteiger partial charge < -0.3 is 19.3 Å². The first-order chi connectivity index (χ1) is 9.43. The Kier molecular flexibility index (Phi) is 6.15. The summed E-state index contributed by atoms with van der Waals surface area (Å²) in [6.45, 7) is 2.62. The smallest absolute Gasteiger partial charge is 0.195 e. The van der Waals surface area contributed by atoms with Crippen molar-refractivity contribution < 1.29 is 9.47 Å². The van der Waals surface area contributed by atoms with Crippen LogP contribution in [0.3, 0.4) is 0 Å². The quantitative estimate of drug-likeness (QED) is 0.610. The van der Waals surface area contributed by atoms with Gasteiger partial charge in [-0.15, -0.1) is 0 Å². The molecule has 112 valence electrons. The van der Waals surface area contributed by atoms with Gasteiger partial charge in [-0.05, 0) is 31.2 Å². The number of benzene rings is 1. The predicted octanol–water partition coefficient (Wildman–Crippen LogP) is 1.94. The lowest BCUT2D eigenvalue weighted by Gasteiger charge is -2.23. The molecule has 0 aromatic heterocycles. The Morgan fingerprint density at radius 1 is 1.05 bits per heavy atom. The second kappa shape index (κ2) is 7.62. The summed E-state index contributed by atoms with van der Waals surface area (Å²) in [6.07, 6.45) is 0.0123. The summed E-state index contributed by atoms with van der Waals surface area (Å²) in [6, 6.07) is 7.57. The molecule has 0 saturated heterocycles. The molecule has 0 heterocycles. The highest BCUT2D eigenvalue weighted by molar-refractivity contribution is 5.79. The van der Waals surface area contributed by atoms with Gasteiger partial charge in [0, 0.05) is 28.2 Å². The van der Waals surface area contributed by atoms with Gasteiger partial charge in [0.15, 0.2) is 5.96 Å². The maximum Gasteiger partial charge on any atom is 0.195 e. The number of methoxy groups -OCH3 is 1. The fourth-order valence-electron chi connectivity index (χ4n) is 1.82. The standard InChI is InChI=1S/C15H25N3O2/c1-12(11-16-15(17(2)3)18(4)5)20-14-9-7-13(19-6)8-10-14/h7-10,12H,11H2,1-6H3. The Morgan fingerprint density at radius 3 is 2.00 bits per heavy atom. The highest BCUT2D eigenvalue weighted by Gasteiger charge is 2.07. The molecule has 0 aliphatic rings. The summed E-state index contributed by atoms with van der Waals surface area (Å²) in [4.78, 5) is 8.54. The molecular weight excluding hydrogens is 254 g/mol. The molecule has 1 rings (SSSR count). The van der Waals surface area contributed by atoms with E-state index in [0.717, 1.165) is 17.5 Å². The van der Waals surface area contributed by atoms with E-state index < -0.39 is 0 Å². The van der Waals surface area contributed by atoms with Crippen LogP contribution in [0, 0.1) is 0 Å². The molecule has 0 radical (unpaired) electrons. The van der Waals surface area contributed by atoms with E-state index in [4.69, 9.17) is 9.47 Å². The summed E-state index contributed by atoms with van der Waals surface area (Å²) >= 11 is 0. The number of ether oxygens (including phenoxy) is 2. The lowest BCUT2D eigenvalue weighted by molar-refractivity contribution is 0.229. The third-order valence-electron chi connectivity index (χ3n) is 2.69. The first-order valence-electron chi connectivity index (χ1n) is 6.64. The van der Waals surface area contributed by atoms with Gasteiger partial charge in [-0.1, -0.05) is 0 Å². The SMILES string of the molecule is COc1ccc(OC(C)CN=C(N(C)C)N(C)C)cc1. The van der Waals surface area contributed by atoms with Crippen LogP contribution in [0.4, 0.5) is 0 Å². The van der Waals surface area contributed by atoms with E-state index in [0.29, 0.717) is 6.54 Å². The van der Waals surface area contributed by atoms with Crippen LogP contribution < -0.4 is 9.47 Å². The zero-order valence-electron chi connectivity index (χ0n) is 13.3. The topological polar surface area (TPSA) is 37.3 Å². The van der Waals surface area contributed by atoms with Gasteiger partial charge in [-0.2, -0.15) is 0 Å². The van der Waals surface area contributed by atoms with Crippen LogP contribution in [0.2, 0.25) is 0 Å². The second-order valence-electron chi connectivity index (χ2n) is 5.03. The highest BCUT2D eigenvalue weighted by Crippen LogP contribution is 2.18. The van der Waals surface area contributed by atoms with Gasteiger partial charge in [-0.25, -0.2) is 4.99 Å². The third-order valence-corrected chi connectivity index (χ3v) is 2.69. The van der Waals surface area contributed by atoms with E-state index in [1.165, 1.54) is 0 Å². The number of guanidine groups is 1. The van der Waals surface area contributed by atoms with Crippen molar-refractivity contribution in [1.29, 1.82) is 0 Å². The Morgan fingerprint density at radius 2 is 1.55 bits per heavy atom. The van der Waals surface area contributed by atoms with Crippen molar-refractivity contribution in [1.82, 2.24) is 9.80 Å². The van der Waals surface area contributed by atoms with Crippen LogP contribution in [-0.4, -0.2) is 63.7 Å². The van der Waals surface area contributed by atoms with E-state index in [2.05, 4.69) is 4.99 Å². The minimum absolute atomic E-state index is 0.0123. The van der Waals surface area contributed by atoms with Gasteiger partial charge >= 0.3 is 0 Å². The number of hydrogen-bond acceptors (Lipinski definition) is 3. The Hall–Kier alpha value is -1.91. The van der Waals surface area contributed by atoms with E-state index in [1.807, 2.05) is 69.2 Å². The summed E-state index contributed by atoms with van der Waals surface area (Å²) in [5.41, 5.74) is 0. The fraction of sp³-hybridized carbons (Fsp3) is 0.533. The fourth-order valence-corrected chi connectivity index (χ4v) is 1.82. The molecule has 0 spiro atoms. The normalized spacial score (nSPS) is 11.5. The first kappa shape index (κ1) is 16.1. The number of rotatable bonds is 5. The van der Waals surface area contributed by atoms with E-state index in [9.17, 15) is 0 Å². The molecule has 1 aromatic carbocycles. The van der Waals surface area contributed by atoms with Crippen LogP contribution in [0.1, 0.15) is 6.92 Å². The summed E-state index contributed by atoms with van der Waals surface area (Å²) in [5, 5.41) is 0. The summed E-state index contributed by atoms with van der Waals surface area (Å²) in [7, 11) is 9.57. The third kappa shape index (κ3) is 4.99. The van der Waals surface area contributed by atoms with Crippen molar-refractivity contribution in [2.75, 3.05) is 41.8 Å². The minimum Gasteiger partial charge on any atom is -0.497 e. The molecule has 0 aliphatic heterocycles. The first-order valence-corrected chi connectivity index (χ1v) is 6.64. The molecule has 1 unspecified atom stereocenters. The van der Waals surface area contributed by atoms with Gasteiger partial charge in [0.05, 0.1) is 13.7 Å². The molecule has 0 N–H and O–H groups in total. The molecule has 0 fully saturated rings.